The minimum absolute atomic E-state index is 0.00362. The maximum absolute atomic E-state index is 11.7. The van der Waals surface area contributed by atoms with Gasteiger partial charge in [0.15, 0.2) is 9.84 Å². The van der Waals surface area contributed by atoms with E-state index in [9.17, 15) is 13.2 Å². The molecule has 0 aromatic heterocycles. The summed E-state index contributed by atoms with van der Waals surface area (Å²) < 4.78 is 23.1. The Morgan fingerprint density at radius 2 is 2.12 bits per heavy atom. The molecule has 1 N–H and O–H groups in total. The molecular weight excluding hydrogens is 238 g/mol. The van der Waals surface area contributed by atoms with Crippen molar-refractivity contribution in [2.24, 2.45) is 5.92 Å². The first-order valence-corrected chi connectivity index (χ1v) is 8.07. The lowest BCUT2D eigenvalue weighted by molar-refractivity contribution is -0.119. The van der Waals surface area contributed by atoms with Crippen LogP contribution < -0.4 is 5.32 Å². The van der Waals surface area contributed by atoms with E-state index in [0.717, 1.165) is 25.9 Å². The maximum atomic E-state index is 11.7. The quantitative estimate of drug-likeness (QED) is 0.779. The molecule has 1 atom stereocenters. The van der Waals surface area contributed by atoms with Crippen LogP contribution in [-0.2, 0) is 14.6 Å². The summed E-state index contributed by atoms with van der Waals surface area (Å²) in [5.74, 6) is 0.491. The third kappa shape index (κ3) is 5.17. The van der Waals surface area contributed by atoms with Gasteiger partial charge in [0.05, 0.1) is 11.0 Å². The summed E-state index contributed by atoms with van der Waals surface area (Å²) in [5.41, 5.74) is 0. The van der Waals surface area contributed by atoms with Crippen LogP contribution in [0.5, 0.6) is 0 Å². The summed E-state index contributed by atoms with van der Waals surface area (Å²) in [4.78, 5) is 11.7. The van der Waals surface area contributed by atoms with Crippen molar-refractivity contribution in [3.05, 3.63) is 0 Å². The zero-order valence-electron chi connectivity index (χ0n) is 10.7. The second-order valence-electron chi connectivity index (χ2n) is 5.12. The molecule has 0 amide bonds. The minimum atomic E-state index is -3.07. The number of ketones is 1. The summed E-state index contributed by atoms with van der Waals surface area (Å²) in [6.45, 7) is 5.24. The van der Waals surface area contributed by atoms with Crippen LogP contribution in [0.1, 0.15) is 39.5 Å². The summed E-state index contributed by atoms with van der Waals surface area (Å²) in [7, 11) is -3.07. The minimum Gasteiger partial charge on any atom is -0.316 e. The molecule has 17 heavy (non-hydrogen) atoms. The normalized spacial score (nSPS) is 21.7. The molecule has 4 nitrogen and oxygen atoms in total. The molecule has 1 fully saturated rings. The predicted octanol–water partition coefficient (Wildman–Crippen LogP) is 1.16. The number of Topliss-reactive ketones (excluding diaryl/α,β-unsaturated/α-hetero) is 1. The van der Waals surface area contributed by atoms with E-state index in [4.69, 9.17) is 0 Å². The molecule has 0 aromatic carbocycles. The lowest BCUT2D eigenvalue weighted by Crippen LogP contribution is -2.31. The highest BCUT2D eigenvalue weighted by Crippen LogP contribution is 2.15. The van der Waals surface area contributed by atoms with Gasteiger partial charge in [0.25, 0.3) is 0 Å². The fourth-order valence-corrected chi connectivity index (χ4v) is 3.00. The van der Waals surface area contributed by atoms with E-state index in [1.807, 2.05) is 0 Å². The molecule has 5 heteroatoms. The Balaban J connectivity index is 2.30. The van der Waals surface area contributed by atoms with E-state index in [0.29, 0.717) is 12.3 Å². The molecule has 0 aliphatic carbocycles. The molecule has 0 saturated carbocycles. The van der Waals surface area contributed by atoms with E-state index in [2.05, 4.69) is 5.32 Å². The van der Waals surface area contributed by atoms with Gasteiger partial charge in [-0.2, -0.15) is 0 Å². The van der Waals surface area contributed by atoms with Crippen LogP contribution in [0.2, 0.25) is 0 Å². The van der Waals surface area contributed by atoms with Crippen molar-refractivity contribution in [2.45, 2.75) is 44.8 Å². The topological polar surface area (TPSA) is 63.2 Å². The standard InChI is InChI=1S/C12H23NO3S/c1-10(2)17(15,16)7-5-12(14)8-11-4-3-6-13-9-11/h10-11,13H,3-9H2,1-2H3. The molecule has 0 radical (unpaired) electrons. The van der Waals surface area contributed by atoms with Crippen molar-refractivity contribution in [3.63, 3.8) is 0 Å². The van der Waals surface area contributed by atoms with Gasteiger partial charge in [-0.15, -0.1) is 0 Å². The van der Waals surface area contributed by atoms with Crippen LogP contribution in [0.25, 0.3) is 0 Å². The largest absolute Gasteiger partial charge is 0.316 e. The average molecular weight is 261 g/mol. The molecule has 1 unspecified atom stereocenters. The van der Waals surface area contributed by atoms with Crippen molar-refractivity contribution in [2.75, 3.05) is 18.8 Å². The highest BCUT2D eigenvalue weighted by atomic mass is 32.2. The molecule has 1 saturated heterocycles. The number of piperidine rings is 1. The van der Waals surface area contributed by atoms with Crippen molar-refractivity contribution in [1.29, 1.82) is 0 Å². The van der Waals surface area contributed by atoms with Crippen molar-refractivity contribution in [3.8, 4) is 0 Å². The zero-order valence-corrected chi connectivity index (χ0v) is 11.6. The molecular formula is C12H23NO3S. The Bertz CT molecular complexity index is 343. The Morgan fingerprint density at radius 1 is 1.41 bits per heavy atom. The molecule has 100 valence electrons. The van der Waals surface area contributed by atoms with Crippen molar-refractivity contribution in [1.82, 2.24) is 5.32 Å². The molecule has 0 spiro atoms. The number of rotatable bonds is 6. The molecule has 0 aromatic rings. The van der Waals surface area contributed by atoms with Gasteiger partial charge in [0, 0.05) is 12.8 Å². The van der Waals surface area contributed by atoms with E-state index >= 15 is 0 Å². The lowest BCUT2D eigenvalue weighted by Gasteiger charge is -2.21. The predicted molar refractivity (Wildman–Crippen MR) is 68.8 cm³/mol. The molecule has 1 rings (SSSR count). The number of carbonyl (C=O) groups excluding carboxylic acids is 1. The van der Waals surface area contributed by atoms with Gasteiger partial charge in [-0.25, -0.2) is 8.42 Å². The Morgan fingerprint density at radius 3 is 2.65 bits per heavy atom. The van der Waals surface area contributed by atoms with Crippen LogP contribution in [0, 0.1) is 5.92 Å². The van der Waals surface area contributed by atoms with E-state index in [-0.39, 0.29) is 23.2 Å². The van der Waals surface area contributed by atoms with Gasteiger partial charge in [0.2, 0.25) is 0 Å². The van der Waals surface area contributed by atoms with E-state index in [1.54, 1.807) is 13.8 Å². The van der Waals surface area contributed by atoms with Crippen LogP contribution in [0.4, 0.5) is 0 Å². The van der Waals surface area contributed by atoms with Gasteiger partial charge < -0.3 is 5.32 Å². The van der Waals surface area contributed by atoms with E-state index in [1.165, 1.54) is 0 Å². The van der Waals surface area contributed by atoms with Gasteiger partial charge in [0.1, 0.15) is 5.78 Å². The average Bonchev–Trinajstić information content (AvgIpc) is 2.28. The summed E-state index contributed by atoms with van der Waals surface area (Å²) in [6.07, 6.45) is 2.90. The van der Waals surface area contributed by atoms with Gasteiger partial charge in [-0.05, 0) is 45.7 Å². The van der Waals surface area contributed by atoms with Gasteiger partial charge in [-0.3, -0.25) is 4.79 Å². The molecule has 1 aliphatic heterocycles. The monoisotopic (exact) mass is 261 g/mol. The first-order valence-electron chi connectivity index (χ1n) is 6.36. The highest BCUT2D eigenvalue weighted by Gasteiger charge is 2.20. The Hall–Kier alpha value is -0.420. The molecule has 1 heterocycles. The van der Waals surface area contributed by atoms with Crippen LogP contribution >= 0.6 is 0 Å². The summed E-state index contributed by atoms with van der Waals surface area (Å²) in [5, 5.41) is 2.88. The lowest BCUT2D eigenvalue weighted by atomic mass is 9.93. The molecule has 1 aliphatic rings. The fourth-order valence-electron chi connectivity index (χ4n) is 2.01. The number of hydrogen-bond acceptors (Lipinski definition) is 4. The van der Waals surface area contributed by atoms with E-state index < -0.39 is 9.84 Å². The maximum Gasteiger partial charge on any atom is 0.153 e. The van der Waals surface area contributed by atoms with Crippen LogP contribution in [0.3, 0.4) is 0 Å². The van der Waals surface area contributed by atoms with Gasteiger partial charge >= 0.3 is 0 Å². The first kappa shape index (κ1) is 14.6. The van der Waals surface area contributed by atoms with Crippen LogP contribution in [-0.4, -0.2) is 38.3 Å². The first-order chi connectivity index (χ1) is 7.92. The highest BCUT2D eigenvalue weighted by molar-refractivity contribution is 7.91. The second kappa shape index (κ2) is 6.50. The zero-order chi connectivity index (χ0) is 12.9. The SMILES string of the molecule is CC(C)S(=O)(=O)CCC(=O)CC1CCCNC1. The van der Waals surface area contributed by atoms with Crippen LogP contribution in [0.15, 0.2) is 0 Å². The summed E-state index contributed by atoms with van der Waals surface area (Å²) in [6, 6.07) is 0. The Kier molecular flexibility index (Phi) is 5.59. The number of carbonyl (C=O) groups is 1. The molecule has 0 bridgehead atoms. The third-order valence-corrected chi connectivity index (χ3v) is 5.51. The number of nitrogens with one attached hydrogen (secondary N) is 1. The Labute approximate surface area is 104 Å². The fraction of sp³-hybridized carbons (Fsp3) is 0.917. The number of hydrogen-bond donors (Lipinski definition) is 1. The second-order valence-corrected chi connectivity index (χ2v) is 7.80. The van der Waals surface area contributed by atoms with Crippen molar-refractivity contribution >= 4 is 15.6 Å². The van der Waals surface area contributed by atoms with Crippen molar-refractivity contribution < 1.29 is 13.2 Å². The number of sulfone groups is 1. The third-order valence-electron chi connectivity index (χ3n) is 3.30. The smallest absolute Gasteiger partial charge is 0.153 e. The van der Waals surface area contributed by atoms with Gasteiger partial charge in [-0.1, -0.05) is 0 Å². The summed E-state index contributed by atoms with van der Waals surface area (Å²) >= 11 is 0.